The Morgan fingerprint density at radius 2 is 1.58 bits per heavy atom. The minimum absolute atomic E-state index is 0.136. The molecule has 0 bridgehead atoms. The highest BCUT2D eigenvalue weighted by Gasteiger charge is 2.35. The minimum atomic E-state index is -3.60. The molecule has 5 rings (SSSR count). The molecule has 0 radical (unpaired) electrons. The lowest BCUT2D eigenvalue weighted by Gasteiger charge is -2.18. The van der Waals surface area contributed by atoms with Crippen LogP contribution in [0, 0.1) is 0 Å². The molecule has 1 N–H and O–H groups in total. The van der Waals surface area contributed by atoms with E-state index in [0.717, 1.165) is 26.3 Å². The van der Waals surface area contributed by atoms with Crippen LogP contribution in [0.2, 0.25) is 0 Å². The van der Waals surface area contributed by atoms with E-state index in [1.54, 1.807) is 23.9 Å². The van der Waals surface area contributed by atoms with Gasteiger partial charge in [0.1, 0.15) is 0 Å². The lowest BCUT2D eigenvalue weighted by Crippen LogP contribution is -2.29. The molecular weight excluding hydrogens is 452 g/mol. The maximum Gasteiger partial charge on any atom is 0.265 e. The van der Waals surface area contributed by atoms with Gasteiger partial charge in [-0.1, -0.05) is 66.4 Å². The van der Waals surface area contributed by atoms with Gasteiger partial charge in [0.15, 0.2) is 0 Å². The van der Waals surface area contributed by atoms with E-state index >= 15 is 0 Å². The van der Waals surface area contributed by atoms with Crippen LogP contribution in [0.15, 0.2) is 106 Å². The number of carbonyl (C=O) groups is 1. The molecule has 4 aromatic carbocycles. The van der Waals surface area contributed by atoms with Gasteiger partial charge in [0.25, 0.3) is 10.0 Å². The molecule has 33 heavy (non-hydrogen) atoms. The van der Waals surface area contributed by atoms with Gasteiger partial charge >= 0.3 is 0 Å². The van der Waals surface area contributed by atoms with Crippen molar-refractivity contribution in [2.75, 3.05) is 16.2 Å². The molecule has 0 aromatic heterocycles. The summed E-state index contributed by atoms with van der Waals surface area (Å²) in [7, 11) is -3.60. The van der Waals surface area contributed by atoms with Gasteiger partial charge in [-0.2, -0.15) is 0 Å². The molecule has 0 unspecified atom stereocenters. The zero-order chi connectivity index (χ0) is 22.8. The van der Waals surface area contributed by atoms with Crippen molar-refractivity contribution in [1.82, 2.24) is 0 Å². The van der Waals surface area contributed by atoms with Crippen LogP contribution in [-0.4, -0.2) is 20.9 Å². The third-order valence-corrected chi connectivity index (χ3v) is 8.52. The molecule has 0 atom stereocenters. The van der Waals surface area contributed by atoms with Crippen molar-refractivity contribution in [2.45, 2.75) is 27.5 Å². The fourth-order valence-corrected chi connectivity index (χ4v) is 6.74. The number of hydrogen-bond acceptors (Lipinski definition) is 4. The molecule has 1 aliphatic rings. The topological polar surface area (TPSA) is 66.5 Å². The molecule has 1 heterocycles. The predicted molar refractivity (Wildman–Crippen MR) is 133 cm³/mol. The lowest BCUT2D eigenvalue weighted by atomic mass is 10.1. The number of carbonyl (C=O) groups excluding carboxylic acids is 1. The summed E-state index contributed by atoms with van der Waals surface area (Å²) < 4.78 is 27.6. The lowest BCUT2D eigenvalue weighted by molar-refractivity contribution is -0.116. The van der Waals surface area contributed by atoms with E-state index in [2.05, 4.69) is 5.32 Å². The number of benzene rings is 4. The van der Waals surface area contributed by atoms with Gasteiger partial charge in [-0.05, 0) is 48.2 Å². The number of rotatable bonds is 7. The first-order valence-electron chi connectivity index (χ1n) is 10.7. The maximum absolute atomic E-state index is 13.1. The fourth-order valence-electron chi connectivity index (χ4n) is 4.07. The smallest absolute Gasteiger partial charge is 0.265 e. The minimum Gasteiger partial charge on any atom is -0.325 e. The Balaban J connectivity index is 1.25. The van der Waals surface area contributed by atoms with Crippen molar-refractivity contribution in [2.24, 2.45) is 0 Å². The van der Waals surface area contributed by atoms with Gasteiger partial charge in [-0.15, -0.1) is 0 Å². The van der Waals surface area contributed by atoms with Crippen LogP contribution < -0.4 is 9.62 Å². The molecule has 166 valence electrons. The van der Waals surface area contributed by atoms with E-state index in [4.69, 9.17) is 0 Å². The average molecular weight is 475 g/mol. The van der Waals surface area contributed by atoms with Gasteiger partial charge in [-0.25, -0.2) is 8.42 Å². The van der Waals surface area contributed by atoms with Crippen molar-refractivity contribution in [1.29, 1.82) is 0 Å². The second-order valence-electron chi connectivity index (χ2n) is 7.77. The predicted octanol–water partition coefficient (Wildman–Crippen LogP) is 5.92. The third-order valence-electron chi connectivity index (χ3n) is 5.58. The number of sulfonamides is 1. The zero-order valence-corrected chi connectivity index (χ0v) is 19.4. The molecule has 4 aromatic rings. The number of anilines is 2. The standard InChI is InChI=1S/C26H22N2O3S2/c29-25(27-21-13-4-5-15-23(21)32-20-11-2-1-3-12-20)17-8-18-28-22-14-6-9-19-10-7-16-24(26(19)22)33(28,30)31/h1-7,9-16H,8,17-18H2,(H,27,29). The normalized spacial score (nSPS) is 13.9. The Morgan fingerprint density at radius 3 is 2.39 bits per heavy atom. The first-order chi connectivity index (χ1) is 16.0. The Hall–Kier alpha value is -3.29. The summed E-state index contributed by atoms with van der Waals surface area (Å²) in [6.45, 7) is 0.254. The van der Waals surface area contributed by atoms with Gasteiger partial charge in [-0.3, -0.25) is 9.10 Å². The highest BCUT2D eigenvalue weighted by Crippen LogP contribution is 2.42. The second kappa shape index (κ2) is 8.92. The Morgan fingerprint density at radius 1 is 0.848 bits per heavy atom. The van der Waals surface area contributed by atoms with Crippen molar-refractivity contribution in [3.63, 3.8) is 0 Å². The molecule has 1 aliphatic heterocycles. The van der Waals surface area contributed by atoms with Gasteiger partial charge < -0.3 is 5.32 Å². The fraction of sp³-hybridized carbons (Fsp3) is 0.115. The highest BCUT2D eigenvalue weighted by atomic mass is 32.2. The molecule has 0 saturated heterocycles. The van der Waals surface area contributed by atoms with Crippen molar-refractivity contribution >= 4 is 49.8 Å². The van der Waals surface area contributed by atoms with Crippen molar-refractivity contribution in [3.8, 4) is 0 Å². The molecule has 0 fully saturated rings. The number of amides is 1. The monoisotopic (exact) mass is 474 g/mol. The van der Waals surface area contributed by atoms with E-state index in [1.165, 1.54) is 4.31 Å². The molecule has 0 spiro atoms. The van der Waals surface area contributed by atoms with E-state index in [-0.39, 0.29) is 18.9 Å². The summed E-state index contributed by atoms with van der Waals surface area (Å²) in [6, 6.07) is 28.6. The molecule has 5 nitrogen and oxygen atoms in total. The second-order valence-corrected chi connectivity index (χ2v) is 10.7. The van der Waals surface area contributed by atoms with E-state index < -0.39 is 10.0 Å². The Labute approximate surface area is 197 Å². The van der Waals surface area contributed by atoms with E-state index in [0.29, 0.717) is 17.0 Å². The average Bonchev–Trinajstić information content (AvgIpc) is 3.04. The van der Waals surface area contributed by atoms with E-state index in [9.17, 15) is 13.2 Å². The first-order valence-corrected chi connectivity index (χ1v) is 13.0. The number of nitrogens with zero attached hydrogens (tertiary/aromatic N) is 1. The third kappa shape index (κ3) is 4.21. The largest absolute Gasteiger partial charge is 0.325 e. The zero-order valence-electron chi connectivity index (χ0n) is 17.8. The highest BCUT2D eigenvalue weighted by molar-refractivity contribution is 7.99. The summed E-state index contributed by atoms with van der Waals surface area (Å²) in [4.78, 5) is 15.1. The molecule has 7 heteroatoms. The van der Waals surface area contributed by atoms with Crippen LogP contribution in [0.4, 0.5) is 11.4 Å². The molecule has 0 saturated carbocycles. The van der Waals surface area contributed by atoms with Crippen molar-refractivity contribution < 1.29 is 13.2 Å². The summed E-state index contributed by atoms with van der Waals surface area (Å²) in [5, 5.41) is 4.65. The number of para-hydroxylation sites is 1. The summed E-state index contributed by atoms with van der Waals surface area (Å²) >= 11 is 1.59. The van der Waals surface area contributed by atoms with Crippen LogP contribution in [0.1, 0.15) is 12.8 Å². The summed E-state index contributed by atoms with van der Waals surface area (Å²) in [6.07, 6.45) is 0.645. The molecule has 0 aliphatic carbocycles. The van der Waals surface area contributed by atoms with Crippen molar-refractivity contribution in [3.05, 3.63) is 91.0 Å². The van der Waals surface area contributed by atoms with Crippen LogP contribution in [0.3, 0.4) is 0 Å². The first kappa shape index (κ1) is 21.6. The van der Waals surface area contributed by atoms with Gasteiger partial charge in [0, 0.05) is 28.1 Å². The quantitative estimate of drug-likeness (QED) is 0.361. The SMILES string of the molecule is O=C(CCCN1c2cccc3cccc(c23)S1(=O)=O)Nc1ccccc1Sc1ccccc1. The van der Waals surface area contributed by atoms with E-state index in [1.807, 2.05) is 78.9 Å². The van der Waals surface area contributed by atoms with Crippen LogP contribution in [0.5, 0.6) is 0 Å². The van der Waals surface area contributed by atoms with Gasteiger partial charge in [0.2, 0.25) is 5.91 Å². The van der Waals surface area contributed by atoms with Gasteiger partial charge in [0.05, 0.1) is 16.3 Å². The van der Waals surface area contributed by atoms with Crippen LogP contribution in [0.25, 0.3) is 10.8 Å². The number of nitrogens with one attached hydrogen (secondary N) is 1. The Bertz CT molecular complexity index is 1430. The molecular formula is C26H22N2O3S2. The van der Waals surface area contributed by atoms with Crippen LogP contribution in [-0.2, 0) is 14.8 Å². The number of hydrogen-bond donors (Lipinski definition) is 1. The Kier molecular flexibility index (Phi) is 5.83. The molecule has 1 amide bonds. The summed E-state index contributed by atoms with van der Waals surface area (Å²) in [5.41, 5.74) is 1.44. The van der Waals surface area contributed by atoms with Crippen LogP contribution >= 0.6 is 11.8 Å². The summed E-state index contributed by atoms with van der Waals surface area (Å²) in [5.74, 6) is -0.136. The maximum atomic E-state index is 13.1.